The Kier molecular flexibility index (Phi) is 4.43. The lowest BCUT2D eigenvalue weighted by atomic mass is 10.1. The molecule has 0 unspecified atom stereocenters. The fourth-order valence-corrected chi connectivity index (χ4v) is 3.89. The number of imidazole rings is 1. The molecule has 0 amide bonds. The second kappa shape index (κ2) is 6.62. The highest BCUT2D eigenvalue weighted by Gasteiger charge is 2.34. The molecular weight excluding hydrogens is 361 g/mol. The molecule has 1 aliphatic rings. The third kappa shape index (κ3) is 3.20. The van der Waals surface area contributed by atoms with Crippen molar-refractivity contribution in [3.8, 4) is 0 Å². The van der Waals surface area contributed by atoms with Crippen molar-refractivity contribution in [1.29, 1.82) is 0 Å². The van der Waals surface area contributed by atoms with E-state index in [4.69, 9.17) is 11.6 Å². The molecule has 0 saturated carbocycles. The summed E-state index contributed by atoms with van der Waals surface area (Å²) in [5, 5.41) is 0.652. The van der Waals surface area contributed by atoms with Gasteiger partial charge in [0.2, 0.25) is 0 Å². The SMILES string of the molecule is FC(F)(F)c1ccc2c(c1)n(Cc1ccc(Cl)cc1)c1[n+]2CCCCC1. The minimum Gasteiger partial charge on any atom is -0.227 e. The third-order valence-electron chi connectivity index (χ3n) is 5.04. The van der Waals surface area contributed by atoms with E-state index in [1.807, 2.05) is 28.8 Å². The molecule has 2 nitrogen and oxygen atoms in total. The van der Waals surface area contributed by atoms with Gasteiger partial charge in [0.1, 0.15) is 6.54 Å². The summed E-state index contributed by atoms with van der Waals surface area (Å²) >= 11 is 5.96. The summed E-state index contributed by atoms with van der Waals surface area (Å²) < 4.78 is 43.9. The van der Waals surface area contributed by atoms with Crippen molar-refractivity contribution in [2.75, 3.05) is 0 Å². The van der Waals surface area contributed by atoms with Gasteiger partial charge in [-0.1, -0.05) is 23.7 Å². The summed E-state index contributed by atoms with van der Waals surface area (Å²) in [6.07, 6.45) is -0.207. The normalized spacial score (nSPS) is 15.1. The van der Waals surface area contributed by atoms with Crippen LogP contribution in [0.15, 0.2) is 42.5 Å². The van der Waals surface area contributed by atoms with E-state index in [0.29, 0.717) is 17.1 Å². The molecule has 136 valence electrons. The molecule has 6 heteroatoms. The van der Waals surface area contributed by atoms with E-state index in [-0.39, 0.29) is 0 Å². The van der Waals surface area contributed by atoms with Gasteiger partial charge in [-0.2, -0.15) is 13.2 Å². The zero-order valence-corrected chi connectivity index (χ0v) is 14.9. The van der Waals surface area contributed by atoms with Gasteiger partial charge in [-0.3, -0.25) is 0 Å². The first-order valence-corrected chi connectivity index (χ1v) is 9.18. The van der Waals surface area contributed by atoms with Gasteiger partial charge in [0, 0.05) is 17.5 Å². The van der Waals surface area contributed by atoms with Crippen molar-refractivity contribution in [2.24, 2.45) is 0 Å². The quantitative estimate of drug-likeness (QED) is 0.529. The zero-order chi connectivity index (χ0) is 18.3. The van der Waals surface area contributed by atoms with Crippen LogP contribution in [0.1, 0.15) is 36.2 Å². The summed E-state index contributed by atoms with van der Waals surface area (Å²) in [6, 6.07) is 11.6. The van der Waals surface area contributed by atoms with Gasteiger partial charge in [0.05, 0.1) is 12.1 Å². The first-order chi connectivity index (χ1) is 12.4. The molecule has 1 aliphatic heterocycles. The second-order valence-corrected chi connectivity index (χ2v) is 7.23. The summed E-state index contributed by atoms with van der Waals surface area (Å²) in [4.78, 5) is 0. The van der Waals surface area contributed by atoms with Crippen molar-refractivity contribution in [3.63, 3.8) is 0 Å². The van der Waals surface area contributed by atoms with Crippen molar-refractivity contribution in [2.45, 2.75) is 44.9 Å². The van der Waals surface area contributed by atoms with Crippen molar-refractivity contribution in [3.05, 3.63) is 64.4 Å². The fourth-order valence-electron chi connectivity index (χ4n) is 3.77. The fraction of sp³-hybridized carbons (Fsp3) is 0.350. The van der Waals surface area contributed by atoms with E-state index in [1.165, 1.54) is 12.1 Å². The van der Waals surface area contributed by atoms with Gasteiger partial charge in [-0.05, 0) is 49.1 Å². The van der Waals surface area contributed by atoms with Crippen molar-refractivity contribution in [1.82, 2.24) is 4.57 Å². The van der Waals surface area contributed by atoms with E-state index in [9.17, 15) is 13.2 Å². The monoisotopic (exact) mass is 379 g/mol. The first kappa shape index (κ1) is 17.4. The molecule has 3 aromatic rings. The molecule has 2 heterocycles. The number of aryl methyl sites for hydroxylation is 1. The lowest BCUT2D eigenvalue weighted by Crippen LogP contribution is -2.37. The van der Waals surface area contributed by atoms with Crippen molar-refractivity contribution >= 4 is 22.6 Å². The Bertz CT molecular complexity index is 942. The summed E-state index contributed by atoms with van der Waals surface area (Å²) in [7, 11) is 0. The Morgan fingerprint density at radius 3 is 2.50 bits per heavy atom. The molecule has 0 N–H and O–H groups in total. The molecule has 0 spiro atoms. The smallest absolute Gasteiger partial charge is 0.227 e. The average molecular weight is 380 g/mol. The van der Waals surface area contributed by atoms with Crippen LogP contribution in [0.2, 0.25) is 5.02 Å². The predicted molar refractivity (Wildman–Crippen MR) is 95.2 cm³/mol. The maximum atomic E-state index is 13.2. The second-order valence-electron chi connectivity index (χ2n) is 6.79. The lowest BCUT2D eigenvalue weighted by molar-refractivity contribution is -0.678. The van der Waals surface area contributed by atoms with Gasteiger partial charge in [-0.25, -0.2) is 9.13 Å². The number of hydrogen-bond acceptors (Lipinski definition) is 0. The molecule has 0 bridgehead atoms. The molecule has 4 rings (SSSR count). The van der Waals surface area contributed by atoms with E-state index >= 15 is 0 Å². The number of alkyl halides is 3. The molecule has 0 saturated heterocycles. The molecule has 1 aromatic heterocycles. The summed E-state index contributed by atoms with van der Waals surface area (Å²) in [6.45, 7) is 1.39. The predicted octanol–water partition coefficient (Wildman–Crippen LogP) is 5.38. The van der Waals surface area contributed by atoms with E-state index in [2.05, 4.69) is 4.57 Å². The van der Waals surface area contributed by atoms with Crippen LogP contribution < -0.4 is 4.57 Å². The van der Waals surface area contributed by atoms with Crippen LogP contribution in [0.5, 0.6) is 0 Å². The molecular formula is C20H19ClF3N2+. The zero-order valence-electron chi connectivity index (χ0n) is 14.2. The highest BCUT2D eigenvalue weighted by molar-refractivity contribution is 6.30. The summed E-state index contributed by atoms with van der Waals surface area (Å²) in [5.41, 5.74) is 1.95. The Morgan fingerprint density at radius 1 is 1.00 bits per heavy atom. The lowest BCUT2D eigenvalue weighted by Gasteiger charge is -2.06. The number of aromatic nitrogens is 2. The number of benzene rings is 2. The minimum atomic E-state index is -4.34. The Balaban J connectivity index is 1.89. The number of hydrogen-bond donors (Lipinski definition) is 0. The number of halogens is 4. The summed E-state index contributed by atoms with van der Waals surface area (Å²) in [5.74, 6) is 1.10. The molecule has 0 aliphatic carbocycles. The van der Waals surface area contributed by atoms with E-state index in [1.54, 1.807) is 6.07 Å². The Labute approximate surface area is 154 Å². The van der Waals surface area contributed by atoms with E-state index in [0.717, 1.165) is 49.1 Å². The van der Waals surface area contributed by atoms with Gasteiger partial charge in [0.25, 0.3) is 5.82 Å². The van der Waals surface area contributed by atoms with E-state index < -0.39 is 11.7 Å². The van der Waals surface area contributed by atoms with Crippen LogP contribution in [0.3, 0.4) is 0 Å². The molecule has 26 heavy (non-hydrogen) atoms. The maximum absolute atomic E-state index is 13.2. The largest absolute Gasteiger partial charge is 0.416 e. The van der Waals surface area contributed by atoms with Gasteiger partial charge in [0.15, 0.2) is 11.0 Å². The molecule has 0 atom stereocenters. The molecule has 0 radical (unpaired) electrons. The highest BCUT2D eigenvalue weighted by atomic mass is 35.5. The van der Waals surface area contributed by atoms with Crippen LogP contribution in [0.25, 0.3) is 11.0 Å². The molecule has 2 aromatic carbocycles. The van der Waals surface area contributed by atoms with Crippen LogP contribution >= 0.6 is 11.6 Å². The number of fused-ring (bicyclic) bond motifs is 3. The standard InChI is InChI=1S/C20H19ClF3N2/c21-16-8-5-14(6-9-16)13-26-18-12-15(20(22,23)24)7-10-17(18)25-11-3-1-2-4-19(25)26/h5-10,12H,1-4,11,13H2/q+1. The highest BCUT2D eigenvalue weighted by Crippen LogP contribution is 2.32. The van der Waals surface area contributed by atoms with Gasteiger partial charge in [-0.15, -0.1) is 0 Å². The van der Waals surface area contributed by atoms with Crippen LogP contribution in [-0.2, 0) is 25.7 Å². The third-order valence-corrected chi connectivity index (χ3v) is 5.30. The minimum absolute atomic E-state index is 0.539. The van der Waals surface area contributed by atoms with Gasteiger partial charge < -0.3 is 0 Å². The topological polar surface area (TPSA) is 8.81 Å². The average Bonchev–Trinajstić information content (AvgIpc) is 2.75. The van der Waals surface area contributed by atoms with Gasteiger partial charge >= 0.3 is 6.18 Å². The van der Waals surface area contributed by atoms with Crippen LogP contribution in [-0.4, -0.2) is 4.57 Å². The number of rotatable bonds is 2. The Morgan fingerprint density at radius 2 is 1.77 bits per heavy atom. The maximum Gasteiger partial charge on any atom is 0.416 e. The van der Waals surface area contributed by atoms with Crippen LogP contribution in [0, 0.1) is 0 Å². The van der Waals surface area contributed by atoms with Crippen LogP contribution in [0.4, 0.5) is 13.2 Å². The molecule has 0 fully saturated rings. The van der Waals surface area contributed by atoms with Crippen molar-refractivity contribution < 1.29 is 17.7 Å². The first-order valence-electron chi connectivity index (χ1n) is 8.80. The Hall–Kier alpha value is -2.01. The number of nitrogens with zero attached hydrogens (tertiary/aromatic N) is 2.